The molecule has 2 aromatic carbocycles. The number of aryl methyl sites for hydroxylation is 4. The van der Waals surface area contributed by atoms with E-state index in [2.05, 4.69) is 40.3 Å². The minimum atomic E-state index is -0.0874. The largest absolute Gasteiger partial charge is 0.321 e. The highest BCUT2D eigenvalue weighted by molar-refractivity contribution is 9.10. The Morgan fingerprint density at radius 1 is 1.00 bits per heavy atom. The summed E-state index contributed by atoms with van der Waals surface area (Å²) in [4.78, 5) is 12.4. The molecule has 0 heterocycles. The van der Waals surface area contributed by atoms with E-state index < -0.39 is 0 Å². The standard InChI is InChI=1S/C17H18BrNO/c1-10-8-12(3)16(13(4)9-10)19-17(20)14-7-5-6-11(2)15(14)18/h5-9H,1-4H3,(H,19,20). The Hall–Kier alpha value is -1.61. The number of halogens is 1. The van der Waals surface area contributed by atoms with Crippen molar-refractivity contribution in [2.24, 2.45) is 0 Å². The molecule has 0 bridgehead atoms. The lowest BCUT2D eigenvalue weighted by Gasteiger charge is -2.14. The van der Waals surface area contributed by atoms with Crippen LogP contribution in [0.25, 0.3) is 0 Å². The van der Waals surface area contributed by atoms with Gasteiger partial charge in [-0.2, -0.15) is 0 Å². The number of hydrogen-bond acceptors (Lipinski definition) is 1. The number of carbonyl (C=O) groups excluding carboxylic acids is 1. The van der Waals surface area contributed by atoms with E-state index in [1.165, 1.54) is 5.56 Å². The summed E-state index contributed by atoms with van der Waals surface area (Å²) in [5.74, 6) is -0.0874. The number of rotatable bonds is 2. The molecular weight excluding hydrogens is 314 g/mol. The molecule has 1 N–H and O–H groups in total. The van der Waals surface area contributed by atoms with Gasteiger partial charge in [-0.05, 0) is 66.4 Å². The Kier molecular flexibility index (Phi) is 4.29. The van der Waals surface area contributed by atoms with Crippen LogP contribution in [0.5, 0.6) is 0 Å². The highest BCUT2D eigenvalue weighted by Crippen LogP contribution is 2.25. The Bertz CT molecular complexity index is 654. The fourth-order valence-corrected chi connectivity index (χ4v) is 2.83. The van der Waals surface area contributed by atoms with E-state index >= 15 is 0 Å². The third kappa shape index (κ3) is 2.93. The number of carbonyl (C=O) groups is 1. The molecule has 2 aromatic rings. The third-order valence-electron chi connectivity index (χ3n) is 3.35. The fourth-order valence-electron chi connectivity index (χ4n) is 2.38. The third-order valence-corrected chi connectivity index (χ3v) is 4.40. The average molecular weight is 332 g/mol. The van der Waals surface area contributed by atoms with Crippen LogP contribution in [-0.2, 0) is 0 Å². The van der Waals surface area contributed by atoms with Crippen molar-refractivity contribution in [3.05, 3.63) is 62.6 Å². The van der Waals surface area contributed by atoms with Gasteiger partial charge in [0.05, 0.1) is 5.56 Å². The number of nitrogens with one attached hydrogen (secondary N) is 1. The van der Waals surface area contributed by atoms with Gasteiger partial charge in [-0.3, -0.25) is 4.79 Å². The topological polar surface area (TPSA) is 29.1 Å². The van der Waals surface area contributed by atoms with Gasteiger partial charge >= 0.3 is 0 Å². The van der Waals surface area contributed by atoms with Gasteiger partial charge in [0.25, 0.3) is 5.91 Å². The van der Waals surface area contributed by atoms with E-state index in [1.807, 2.05) is 39.0 Å². The van der Waals surface area contributed by atoms with E-state index in [-0.39, 0.29) is 5.91 Å². The maximum Gasteiger partial charge on any atom is 0.256 e. The molecule has 2 nitrogen and oxygen atoms in total. The lowest BCUT2D eigenvalue weighted by Crippen LogP contribution is -2.14. The van der Waals surface area contributed by atoms with E-state index in [0.29, 0.717) is 5.56 Å². The molecule has 0 saturated carbocycles. The quantitative estimate of drug-likeness (QED) is 0.830. The van der Waals surface area contributed by atoms with Gasteiger partial charge < -0.3 is 5.32 Å². The van der Waals surface area contributed by atoms with Crippen molar-refractivity contribution >= 4 is 27.5 Å². The predicted molar refractivity (Wildman–Crippen MR) is 87.5 cm³/mol. The molecule has 0 aliphatic rings. The zero-order chi connectivity index (χ0) is 14.9. The van der Waals surface area contributed by atoms with Crippen LogP contribution in [0.15, 0.2) is 34.8 Å². The average Bonchev–Trinajstić information content (AvgIpc) is 2.36. The molecule has 0 aromatic heterocycles. The first-order valence-electron chi connectivity index (χ1n) is 6.54. The zero-order valence-corrected chi connectivity index (χ0v) is 13.8. The highest BCUT2D eigenvalue weighted by atomic mass is 79.9. The molecule has 0 atom stereocenters. The van der Waals surface area contributed by atoms with E-state index in [0.717, 1.165) is 26.9 Å². The summed E-state index contributed by atoms with van der Waals surface area (Å²) in [6.45, 7) is 8.06. The van der Waals surface area contributed by atoms with Crippen molar-refractivity contribution < 1.29 is 4.79 Å². The Balaban J connectivity index is 2.36. The van der Waals surface area contributed by atoms with Crippen LogP contribution in [0, 0.1) is 27.7 Å². The van der Waals surface area contributed by atoms with Gasteiger partial charge in [0.15, 0.2) is 0 Å². The van der Waals surface area contributed by atoms with Crippen LogP contribution in [0.3, 0.4) is 0 Å². The van der Waals surface area contributed by atoms with Crippen molar-refractivity contribution in [3.8, 4) is 0 Å². The van der Waals surface area contributed by atoms with Crippen molar-refractivity contribution in [1.82, 2.24) is 0 Å². The molecular formula is C17H18BrNO. The molecule has 0 saturated heterocycles. The molecule has 0 fully saturated rings. The first kappa shape index (κ1) is 14.8. The summed E-state index contributed by atoms with van der Waals surface area (Å²) < 4.78 is 0.847. The Morgan fingerprint density at radius 3 is 2.20 bits per heavy atom. The summed E-state index contributed by atoms with van der Waals surface area (Å²) in [6.07, 6.45) is 0. The smallest absolute Gasteiger partial charge is 0.256 e. The van der Waals surface area contributed by atoms with Crippen LogP contribution in [-0.4, -0.2) is 5.91 Å². The molecule has 0 aliphatic heterocycles. The molecule has 0 spiro atoms. The van der Waals surface area contributed by atoms with Gasteiger partial charge in [-0.25, -0.2) is 0 Å². The minimum Gasteiger partial charge on any atom is -0.321 e. The Morgan fingerprint density at radius 2 is 1.60 bits per heavy atom. The number of benzene rings is 2. The Labute approximate surface area is 128 Å². The maximum absolute atomic E-state index is 12.4. The van der Waals surface area contributed by atoms with Crippen LogP contribution in [0.2, 0.25) is 0 Å². The van der Waals surface area contributed by atoms with Crippen LogP contribution in [0.4, 0.5) is 5.69 Å². The number of hydrogen-bond donors (Lipinski definition) is 1. The lowest BCUT2D eigenvalue weighted by molar-refractivity contribution is 0.102. The number of amides is 1. The first-order valence-corrected chi connectivity index (χ1v) is 7.33. The maximum atomic E-state index is 12.4. The van der Waals surface area contributed by atoms with Crippen LogP contribution < -0.4 is 5.32 Å². The lowest BCUT2D eigenvalue weighted by atomic mass is 10.0. The SMILES string of the molecule is Cc1cc(C)c(NC(=O)c2cccc(C)c2Br)c(C)c1. The van der Waals surface area contributed by atoms with Gasteiger partial charge in [-0.15, -0.1) is 0 Å². The molecule has 0 radical (unpaired) electrons. The van der Waals surface area contributed by atoms with Crippen molar-refractivity contribution in [2.75, 3.05) is 5.32 Å². The molecule has 0 aliphatic carbocycles. The second-order valence-electron chi connectivity index (χ2n) is 5.16. The normalized spacial score (nSPS) is 10.4. The van der Waals surface area contributed by atoms with Crippen molar-refractivity contribution in [2.45, 2.75) is 27.7 Å². The molecule has 2 rings (SSSR count). The van der Waals surface area contributed by atoms with Crippen molar-refractivity contribution in [1.29, 1.82) is 0 Å². The monoisotopic (exact) mass is 331 g/mol. The minimum absolute atomic E-state index is 0.0874. The molecule has 3 heteroatoms. The van der Waals surface area contributed by atoms with Gasteiger partial charge in [0, 0.05) is 10.2 Å². The molecule has 1 amide bonds. The molecule has 0 unspecified atom stereocenters. The molecule has 104 valence electrons. The summed E-state index contributed by atoms with van der Waals surface area (Å²) in [6, 6.07) is 9.85. The van der Waals surface area contributed by atoms with E-state index in [9.17, 15) is 4.79 Å². The van der Waals surface area contributed by atoms with Gasteiger partial charge in [0.1, 0.15) is 0 Å². The van der Waals surface area contributed by atoms with Crippen molar-refractivity contribution in [3.63, 3.8) is 0 Å². The van der Waals surface area contributed by atoms with E-state index in [4.69, 9.17) is 0 Å². The summed E-state index contributed by atoms with van der Waals surface area (Å²) >= 11 is 3.48. The summed E-state index contributed by atoms with van der Waals surface area (Å²) in [5, 5.41) is 3.02. The molecule has 20 heavy (non-hydrogen) atoms. The van der Waals surface area contributed by atoms with Gasteiger partial charge in [-0.1, -0.05) is 29.8 Å². The van der Waals surface area contributed by atoms with E-state index in [1.54, 1.807) is 0 Å². The number of anilines is 1. The van der Waals surface area contributed by atoms with Crippen LogP contribution >= 0.6 is 15.9 Å². The summed E-state index contributed by atoms with van der Waals surface area (Å²) in [7, 11) is 0. The second-order valence-corrected chi connectivity index (χ2v) is 5.96. The zero-order valence-electron chi connectivity index (χ0n) is 12.2. The highest BCUT2D eigenvalue weighted by Gasteiger charge is 2.13. The fraction of sp³-hybridized carbons (Fsp3) is 0.235. The van der Waals surface area contributed by atoms with Gasteiger partial charge in [0.2, 0.25) is 0 Å². The van der Waals surface area contributed by atoms with Crippen LogP contribution in [0.1, 0.15) is 32.6 Å². The predicted octanol–water partition coefficient (Wildman–Crippen LogP) is 4.94. The second kappa shape index (κ2) is 5.80. The first-order chi connectivity index (χ1) is 9.40. The summed E-state index contributed by atoms with van der Waals surface area (Å²) in [5.41, 5.74) is 5.97.